The second-order valence-electron chi connectivity index (χ2n) is 9.68. The maximum absolute atomic E-state index is 13.6. The van der Waals surface area contributed by atoms with Gasteiger partial charge in [0.15, 0.2) is 5.65 Å². The number of aryl methyl sites for hydroxylation is 2. The van der Waals surface area contributed by atoms with Crippen LogP contribution in [0.25, 0.3) is 16.8 Å². The van der Waals surface area contributed by atoms with Crippen LogP contribution in [0.5, 0.6) is 5.75 Å². The van der Waals surface area contributed by atoms with Crippen molar-refractivity contribution in [3.63, 3.8) is 0 Å². The van der Waals surface area contributed by atoms with Gasteiger partial charge in [0.2, 0.25) is 0 Å². The van der Waals surface area contributed by atoms with E-state index >= 15 is 0 Å². The van der Waals surface area contributed by atoms with Gasteiger partial charge in [0.25, 0.3) is 0 Å². The lowest BCUT2D eigenvalue weighted by molar-refractivity contribution is 0.133. The topological polar surface area (TPSA) is 51.9 Å². The van der Waals surface area contributed by atoms with Crippen molar-refractivity contribution in [3.8, 4) is 16.9 Å². The quantitative estimate of drug-likeness (QED) is 0.350. The van der Waals surface area contributed by atoms with Crippen molar-refractivity contribution in [1.29, 1.82) is 0 Å². The summed E-state index contributed by atoms with van der Waals surface area (Å²) in [5, 5.41) is 5.02. The van der Waals surface area contributed by atoms with E-state index in [1.807, 2.05) is 35.7 Å². The summed E-state index contributed by atoms with van der Waals surface area (Å²) in [5.74, 6) is 2.32. The molecular formula is C28H29FN4O2. The number of benzene rings is 2. The van der Waals surface area contributed by atoms with Gasteiger partial charge < -0.3 is 14.4 Å². The maximum atomic E-state index is 13.6. The van der Waals surface area contributed by atoms with Crippen LogP contribution in [0.3, 0.4) is 0 Å². The Balaban J connectivity index is 1.53. The molecule has 1 saturated carbocycles. The largest absolute Gasteiger partial charge is 0.497 e. The van der Waals surface area contributed by atoms with Crippen LogP contribution in [0.4, 0.5) is 10.2 Å². The van der Waals surface area contributed by atoms with E-state index < -0.39 is 0 Å². The average molecular weight is 473 g/mol. The van der Waals surface area contributed by atoms with Crippen LogP contribution in [0.15, 0.2) is 42.5 Å². The molecule has 6 rings (SSSR count). The number of fused-ring (bicyclic) bond motifs is 2. The normalized spacial score (nSPS) is 15.0. The summed E-state index contributed by atoms with van der Waals surface area (Å²) in [4.78, 5) is 7.45. The zero-order valence-electron chi connectivity index (χ0n) is 20.3. The van der Waals surface area contributed by atoms with E-state index in [0.29, 0.717) is 25.7 Å². The molecule has 2 aliphatic rings. The fraction of sp³-hybridized carbons (Fsp3) is 0.357. The first-order valence-electron chi connectivity index (χ1n) is 12.1. The summed E-state index contributed by atoms with van der Waals surface area (Å²) in [6.07, 6.45) is 2.47. The predicted molar refractivity (Wildman–Crippen MR) is 133 cm³/mol. The Hall–Kier alpha value is -3.45. The van der Waals surface area contributed by atoms with Gasteiger partial charge in [-0.15, -0.1) is 0 Å². The molecule has 0 spiro atoms. The number of ether oxygens (including phenoxy) is 2. The summed E-state index contributed by atoms with van der Waals surface area (Å²) in [6.45, 7) is 6.76. The lowest BCUT2D eigenvalue weighted by atomic mass is 10.0. The molecule has 1 aliphatic carbocycles. The van der Waals surface area contributed by atoms with Gasteiger partial charge in [0, 0.05) is 24.2 Å². The van der Waals surface area contributed by atoms with E-state index in [-0.39, 0.29) is 5.82 Å². The summed E-state index contributed by atoms with van der Waals surface area (Å²) < 4.78 is 26.9. The number of nitrogens with zero attached hydrogens (tertiary/aromatic N) is 4. The summed E-state index contributed by atoms with van der Waals surface area (Å²) in [7, 11) is 1.68. The molecule has 1 fully saturated rings. The molecule has 0 radical (unpaired) electrons. The van der Waals surface area contributed by atoms with E-state index in [9.17, 15) is 4.39 Å². The monoisotopic (exact) mass is 472 g/mol. The minimum Gasteiger partial charge on any atom is -0.497 e. The van der Waals surface area contributed by atoms with Crippen LogP contribution in [0.1, 0.15) is 40.9 Å². The van der Waals surface area contributed by atoms with E-state index in [4.69, 9.17) is 19.6 Å². The minimum atomic E-state index is -0.217. The van der Waals surface area contributed by atoms with Crippen LogP contribution in [-0.2, 0) is 24.5 Å². The molecule has 3 heterocycles. The van der Waals surface area contributed by atoms with Crippen LogP contribution in [-0.4, -0.2) is 28.3 Å². The number of rotatable bonds is 7. The number of hydrogen-bond acceptors (Lipinski definition) is 5. The first kappa shape index (κ1) is 22.0. The first-order valence-corrected chi connectivity index (χ1v) is 12.1. The zero-order chi connectivity index (χ0) is 24.1. The second-order valence-corrected chi connectivity index (χ2v) is 9.68. The average Bonchev–Trinajstić information content (AvgIpc) is 3.44. The fourth-order valence-electron chi connectivity index (χ4n) is 5.07. The second kappa shape index (κ2) is 8.64. The van der Waals surface area contributed by atoms with Crippen molar-refractivity contribution in [3.05, 3.63) is 76.4 Å². The molecule has 0 unspecified atom stereocenters. The van der Waals surface area contributed by atoms with Gasteiger partial charge in [-0.2, -0.15) is 9.61 Å². The van der Waals surface area contributed by atoms with Crippen LogP contribution < -0.4 is 9.64 Å². The lowest BCUT2D eigenvalue weighted by Gasteiger charge is -2.27. The van der Waals surface area contributed by atoms with Crippen molar-refractivity contribution < 1.29 is 13.9 Å². The van der Waals surface area contributed by atoms with E-state index in [1.54, 1.807) is 7.11 Å². The molecule has 0 amide bonds. The first-order chi connectivity index (χ1) is 17.0. The molecular weight excluding hydrogens is 443 g/mol. The van der Waals surface area contributed by atoms with Gasteiger partial charge >= 0.3 is 0 Å². The predicted octanol–water partition coefficient (Wildman–Crippen LogP) is 5.61. The number of hydrogen-bond donors (Lipinski definition) is 0. The lowest BCUT2D eigenvalue weighted by Crippen LogP contribution is -2.29. The molecule has 35 heavy (non-hydrogen) atoms. The molecule has 2 aromatic heterocycles. The number of halogens is 1. The molecule has 7 heteroatoms. The highest BCUT2D eigenvalue weighted by Crippen LogP contribution is 2.39. The molecule has 0 atom stereocenters. The molecule has 6 nitrogen and oxygen atoms in total. The standard InChI is InChI=1S/C28H29FN4O2/c1-17-12-22(34-3)10-11-23(17)26-18(2)31-33-27(26)30-25-16-35-15-24(25)28(33)32(13-19-4-5-19)14-20-6-8-21(29)9-7-20/h6-12,19H,4-5,13-16H2,1-3H3. The third-order valence-electron chi connectivity index (χ3n) is 7.05. The molecule has 0 saturated heterocycles. The summed E-state index contributed by atoms with van der Waals surface area (Å²) in [6, 6.07) is 12.9. The van der Waals surface area contributed by atoms with Crippen LogP contribution in [0, 0.1) is 25.6 Å². The highest BCUT2D eigenvalue weighted by molar-refractivity contribution is 5.83. The van der Waals surface area contributed by atoms with Gasteiger partial charge in [0.1, 0.15) is 17.4 Å². The van der Waals surface area contributed by atoms with Gasteiger partial charge in [-0.05, 0) is 73.6 Å². The van der Waals surface area contributed by atoms with Gasteiger partial charge in [-0.25, -0.2) is 9.37 Å². The minimum absolute atomic E-state index is 0.217. The molecule has 0 N–H and O–H groups in total. The van der Waals surface area contributed by atoms with E-state index in [1.165, 1.54) is 25.0 Å². The number of aromatic nitrogens is 3. The Morgan fingerprint density at radius 1 is 1.11 bits per heavy atom. The Bertz CT molecular complexity index is 1410. The summed E-state index contributed by atoms with van der Waals surface area (Å²) >= 11 is 0. The van der Waals surface area contributed by atoms with Crippen molar-refractivity contribution in [2.75, 3.05) is 18.6 Å². The molecule has 180 valence electrons. The third kappa shape index (κ3) is 4.04. The Morgan fingerprint density at radius 2 is 1.91 bits per heavy atom. The molecule has 1 aliphatic heterocycles. The van der Waals surface area contributed by atoms with Crippen molar-refractivity contribution in [2.45, 2.75) is 46.4 Å². The van der Waals surface area contributed by atoms with Crippen molar-refractivity contribution >= 4 is 11.5 Å². The Labute approximate surface area is 204 Å². The van der Waals surface area contributed by atoms with Crippen molar-refractivity contribution in [2.24, 2.45) is 5.92 Å². The number of anilines is 1. The molecule has 4 aromatic rings. The fourth-order valence-corrected chi connectivity index (χ4v) is 5.07. The van der Waals surface area contributed by atoms with E-state index in [0.717, 1.165) is 63.0 Å². The smallest absolute Gasteiger partial charge is 0.165 e. The van der Waals surface area contributed by atoms with E-state index in [2.05, 4.69) is 17.9 Å². The SMILES string of the molecule is COc1ccc(-c2c(C)nn3c(N(Cc4ccc(F)cc4)CC4CC4)c4c(nc23)COC4)c(C)c1. The van der Waals surface area contributed by atoms with Crippen molar-refractivity contribution in [1.82, 2.24) is 14.6 Å². The number of methoxy groups -OCH3 is 1. The highest BCUT2D eigenvalue weighted by atomic mass is 19.1. The van der Waals surface area contributed by atoms with Gasteiger partial charge in [-0.1, -0.05) is 18.2 Å². The van der Waals surface area contributed by atoms with Gasteiger partial charge in [-0.3, -0.25) is 0 Å². The van der Waals surface area contributed by atoms with Gasteiger partial charge in [0.05, 0.1) is 31.7 Å². The summed E-state index contributed by atoms with van der Waals surface area (Å²) in [5.41, 5.74) is 8.17. The highest BCUT2D eigenvalue weighted by Gasteiger charge is 2.31. The van der Waals surface area contributed by atoms with Crippen LogP contribution >= 0.6 is 0 Å². The Morgan fingerprint density at radius 3 is 2.63 bits per heavy atom. The molecule has 2 aromatic carbocycles. The van der Waals surface area contributed by atoms with Crippen LogP contribution in [0.2, 0.25) is 0 Å². The maximum Gasteiger partial charge on any atom is 0.165 e. The molecule has 0 bridgehead atoms. The zero-order valence-corrected chi connectivity index (χ0v) is 20.3. The Kier molecular flexibility index (Phi) is 5.44. The third-order valence-corrected chi connectivity index (χ3v) is 7.05.